The van der Waals surface area contributed by atoms with E-state index in [1.807, 2.05) is 6.07 Å². The lowest BCUT2D eigenvalue weighted by molar-refractivity contribution is -0.0659. The molecule has 0 radical (unpaired) electrons. The van der Waals surface area contributed by atoms with E-state index in [0.29, 0.717) is 25.4 Å². The Hall–Kier alpha value is -2.98. The summed E-state index contributed by atoms with van der Waals surface area (Å²) in [6, 6.07) is 11.3. The molecule has 2 aromatic rings. The van der Waals surface area contributed by atoms with Gasteiger partial charge in [0.05, 0.1) is 17.5 Å². The highest BCUT2D eigenvalue weighted by Crippen LogP contribution is 2.51. The van der Waals surface area contributed by atoms with Crippen molar-refractivity contribution in [2.24, 2.45) is 11.8 Å². The smallest absolute Gasteiger partial charge is 0.490 e. The lowest BCUT2D eigenvalue weighted by Crippen LogP contribution is -2.54. The van der Waals surface area contributed by atoms with Crippen LogP contribution in [-0.4, -0.2) is 57.6 Å². The zero-order chi connectivity index (χ0) is 32.0. The number of benzene rings is 2. The van der Waals surface area contributed by atoms with Crippen molar-refractivity contribution in [1.82, 2.24) is 4.72 Å². The summed E-state index contributed by atoms with van der Waals surface area (Å²) in [6.45, 7) is 7.28. The monoisotopic (exact) mass is 658 g/mol. The van der Waals surface area contributed by atoms with Crippen molar-refractivity contribution < 1.29 is 32.2 Å². The van der Waals surface area contributed by atoms with Gasteiger partial charge in [-0.05, 0) is 106 Å². The van der Waals surface area contributed by atoms with E-state index in [2.05, 4.69) is 28.7 Å². The van der Waals surface area contributed by atoms with Crippen LogP contribution in [0.15, 0.2) is 36.4 Å². The van der Waals surface area contributed by atoms with Crippen LogP contribution >= 0.6 is 11.6 Å². The van der Waals surface area contributed by atoms with Crippen LogP contribution in [-0.2, 0) is 31.3 Å². The minimum absolute atomic E-state index is 0.152. The van der Waals surface area contributed by atoms with E-state index in [-0.39, 0.29) is 29.4 Å². The number of unbranched alkanes of at least 4 members (excludes halogenated alkanes) is 1. The molecule has 2 heterocycles. The Morgan fingerprint density at radius 1 is 1.13 bits per heavy atom. The Kier molecular flexibility index (Phi) is 8.76. The van der Waals surface area contributed by atoms with Crippen LogP contribution in [0.4, 0.5) is 10.5 Å². The van der Waals surface area contributed by atoms with Crippen molar-refractivity contribution >= 4 is 39.4 Å². The predicted molar refractivity (Wildman–Crippen MR) is 173 cm³/mol. The third-order valence-electron chi connectivity index (χ3n) is 10.4. The Morgan fingerprint density at radius 3 is 2.64 bits per heavy atom. The number of carbonyl (C=O) groups is 2. The van der Waals surface area contributed by atoms with E-state index in [1.165, 1.54) is 25.0 Å². The molecule has 9 nitrogen and oxygen atoms in total. The molecule has 11 heteroatoms. The number of halogens is 1. The molecule has 1 spiro atoms. The number of nitrogens with one attached hydrogen (secondary N) is 1. The van der Waals surface area contributed by atoms with Crippen LogP contribution in [0.5, 0.6) is 5.75 Å². The topological polar surface area (TPSA) is 111 Å². The number of anilines is 1. The quantitative estimate of drug-likeness (QED) is 0.308. The van der Waals surface area contributed by atoms with Gasteiger partial charge in [-0.25, -0.2) is 17.9 Å². The largest absolute Gasteiger partial charge is 0.509 e. The van der Waals surface area contributed by atoms with Gasteiger partial charge in [0.1, 0.15) is 12.4 Å². The number of ether oxygens (including phenoxy) is 3. The number of fused-ring (bicyclic) bond motifs is 3. The SMILES string of the molecule is CCCC[C@]1([C@@H]2CC[C@H]2CN2C[C@@]3(CCCc4cc(Cl)ccc43)COc3ccc(C(=O)NS(=O)(=O)C(C)C)cc32)COC(=O)O1. The van der Waals surface area contributed by atoms with Gasteiger partial charge >= 0.3 is 6.16 Å². The molecule has 1 amide bonds. The van der Waals surface area contributed by atoms with Crippen LogP contribution < -0.4 is 14.4 Å². The molecule has 4 atom stereocenters. The molecule has 0 aromatic heterocycles. The number of sulfonamides is 1. The van der Waals surface area contributed by atoms with E-state index < -0.39 is 32.9 Å². The summed E-state index contributed by atoms with van der Waals surface area (Å²) in [5, 5.41) is -0.0263. The van der Waals surface area contributed by atoms with Gasteiger partial charge in [0.15, 0.2) is 5.60 Å². The molecule has 244 valence electrons. The number of aryl methyl sites for hydroxylation is 1. The summed E-state index contributed by atoms with van der Waals surface area (Å²) in [7, 11) is -3.80. The summed E-state index contributed by atoms with van der Waals surface area (Å²) in [4.78, 5) is 27.7. The first-order valence-corrected chi connectivity index (χ1v) is 18.1. The molecule has 0 bridgehead atoms. The number of hydrogen-bond donors (Lipinski definition) is 1. The van der Waals surface area contributed by atoms with Crippen molar-refractivity contribution in [2.45, 2.75) is 88.4 Å². The van der Waals surface area contributed by atoms with Crippen molar-refractivity contribution in [2.75, 3.05) is 31.2 Å². The Balaban J connectivity index is 1.36. The second-order valence-corrected chi connectivity index (χ2v) is 16.2. The summed E-state index contributed by atoms with van der Waals surface area (Å²) in [5.74, 6) is 0.368. The van der Waals surface area contributed by atoms with Crippen LogP contribution in [0.2, 0.25) is 5.02 Å². The number of cyclic esters (lactones) is 2. The standard InChI is InChI=1S/C34H43ClN2O7S/c1-4-5-15-34(21-43-32(39)44-34)28-11-8-25(28)18-37-19-33(14-6-7-23-16-26(35)10-12-27(23)33)20-42-30-13-9-24(17-29(30)37)31(38)36-45(40,41)22(2)3/h9-10,12-13,16-17,22,25,28H,4-8,11,14-15,18-21H2,1-3H3,(H,36,38)/t25-,28+,33-,34+/m0/s1. The number of rotatable bonds is 9. The minimum Gasteiger partial charge on any atom is -0.490 e. The fraction of sp³-hybridized carbons (Fsp3) is 0.588. The van der Waals surface area contributed by atoms with E-state index in [0.717, 1.165) is 62.1 Å². The normalized spacial score (nSPS) is 27.5. The summed E-state index contributed by atoms with van der Waals surface area (Å²) < 4.78 is 45.1. The van der Waals surface area contributed by atoms with Crippen molar-refractivity contribution in [3.05, 3.63) is 58.1 Å². The van der Waals surface area contributed by atoms with E-state index >= 15 is 0 Å². The van der Waals surface area contributed by atoms with Gasteiger partial charge in [-0.2, -0.15) is 0 Å². The van der Waals surface area contributed by atoms with Crippen LogP contribution in [0, 0.1) is 11.8 Å². The van der Waals surface area contributed by atoms with Crippen molar-refractivity contribution in [3.63, 3.8) is 0 Å². The summed E-state index contributed by atoms with van der Waals surface area (Å²) in [5.41, 5.74) is 2.55. The van der Waals surface area contributed by atoms with E-state index in [9.17, 15) is 18.0 Å². The molecule has 2 aromatic carbocycles. The molecule has 2 aliphatic carbocycles. The maximum absolute atomic E-state index is 13.2. The number of amides is 1. The van der Waals surface area contributed by atoms with Gasteiger partial charge in [-0.3, -0.25) is 4.79 Å². The van der Waals surface area contributed by atoms with Crippen LogP contribution in [0.1, 0.15) is 87.2 Å². The molecule has 1 N–H and O–H groups in total. The molecular weight excluding hydrogens is 616 g/mol. The van der Waals surface area contributed by atoms with E-state index in [1.54, 1.807) is 18.2 Å². The fourth-order valence-electron chi connectivity index (χ4n) is 7.70. The number of hydrogen-bond acceptors (Lipinski definition) is 8. The number of carbonyl (C=O) groups excluding carboxylic acids is 2. The zero-order valence-corrected chi connectivity index (χ0v) is 27.8. The van der Waals surface area contributed by atoms with Gasteiger partial charge in [0.2, 0.25) is 10.0 Å². The fourth-order valence-corrected chi connectivity index (χ4v) is 8.50. The van der Waals surface area contributed by atoms with Gasteiger partial charge in [-0.15, -0.1) is 0 Å². The van der Waals surface area contributed by atoms with Crippen LogP contribution in [0.25, 0.3) is 0 Å². The minimum atomic E-state index is -3.80. The molecule has 1 saturated carbocycles. The molecule has 2 aliphatic heterocycles. The Labute approximate surface area is 271 Å². The predicted octanol–water partition coefficient (Wildman–Crippen LogP) is 6.40. The summed E-state index contributed by atoms with van der Waals surface area (Å²) in [6.07, 6.45) is 6.94. The van der Waals surface area contributed by atoms with Crippen molar-refractivity contribution in [3.8, 4) is 5.75 Å². The highest BCUT2D eigenvalue weighted by Gasteiger charge is 2.55. The highest BCUT2D eigenvalue weighted by molar-refractivity contribution is 7.90. The van der Waals surface area contributed by atoms with Gasteiger partial charge in [-0.1, -0.05) is 31.0 Å². The third-order valence-corrected chi connectivity index (χ3v) is 12.3. The van der Waals surface area contributed by atoms with E-state index in [4.69, 9.17) is 25.8 Å². The van der Waals surface area contributed by atoms with Gasteiger partial charge < -0.3 is 19.1 Å². The molecule has 45 heavy (non-hydrogen) atoms. The summed E-state index contributed by atoms with van der Waals surface area (Å²) >= 11 is 6.41. The first-order chi connectivity index (χ1) is 21.4. The molecule has 2 fully saturated rings. The second-order valence-electron chi connectivity index (χ2n) is 13.6. The lowest BCUT2D eigenvalue weighted by Gasteiger charge is -2.49. The van der Waals surface area contributed by atoms with Crippen LogP contribution in [0.3, 0.4) is 0 Å². The van der Waals surface area contributed by atoms with Gasteiger partial charge in [0, 0.05) is 35.0 Å². The average molecular weight is 659 g/mol. The number of nitrogens with zero attached hydrogens (tertiary/aromatic N) is 1. The maximum Gasteiger partial charge on any atom is 0.509 e. The first kappa shape index (κ1) is 32.0. The zero-order valence-electron chi connectivity index (χ0n) is 26.3. The molecule has 0 unspecified atom stereocenters. The Bertz CT molecular complexity index is 1580. The highest BCUT2D eigenvalue weighted by atomic mass is 35.5. The third kappa shape index (κ3) is 6.12. The second kappa shape index (κ2) is 12.3. The molecule has 4 aliphatic rings. The lowest BCUT2D eigenvalue weighted by atomic mass is 9.63. The molecule has 6 rings (SSSR count). The molecule has 1 saturated heterocycles. The van der Waals surface area contributed by atoms with Gasteiger partial charge in [0.25, 0.3) is 5.91 Å². The first-order valence-electron chi connectivity index (χ1n) is 16.2. The maximum atomic E-state index is 13.2. The molecular formula is C34H43ClN2O7S. The average Bonchev–Trinajstić information content (AvgIpc) is 3.28. The Morgan fingerprint density at radius 2 is 1.96 bits per heavy atom. The van der Waals surface area contributed by atoms with Crippen molar-refractivity contribution in [1.29, 1.82) is 0 Å².